The highest BCUT2D eigenvalue weighted by Gasteiger charge is 2.27. The zero-order valence-electron chi connectivity index (χ0n) is 11.0. The standard InChI is InChI=1S/C15H24N2/c1-3-12-7-4-5-10-15(12)17(2)14-9-6-8-13(16)11-14/h6,8-9,11-12,15H,3-5,7,10,16H2,1-2H3. The van der Waals surface area contributed by atoms with Crippen LogP contribution in [0.5, 0.6) is 0 Å². The Morgan fingerprint density at radius 3 is 2.76 bits per heavy atom. The largest absolute Gasteiger partial charge is 0.399 e. The highest BCUT2D eigenvalue weighted by Crippen LogP contribution is 2.32. The quantitative estimate of drug-likeness (QED) is 0.806. The van der Waals surface area contributed by atoms with E-state index < -0.39 is 0 Å². The summed E-state index contributed by atoms with van der Waals surface area (Å²) in [4.78, 5) is 2.43. The van der Waals surface area contributed by atoms with Gasteiger partial charge in [-0.25, -0.2) is 0 Å². The van der Waals surface area contributed by atoms with Crippen molar-refractivity contribution in [3.05, 3.63) is 24.3 Å². The van der Waals surface area contributed by atoms with Gasteiger partial charge in [0.15, 0.2) is 0 Å². The van der Waals surface area contributed by atoms with Crippen molar-refractivity contribution in [3.8, 4) is 0 Å². The van der Waals surface area contributed by atoms with Gasteiger partial charge in [-0.05, 0) is 37.0 Å². The van der Waals surface area contributed by atoms with E-state index in [0.717, 1.165) is 11.6 Å². The summed E-state index contributed by atoms with van der Waals surface area (Å²) in [7, 11) is 2.22. The third-order valence-electron chi connectivity index (χ3n) is 4.17. The molecule has 0 amide bonds. The van der Waals surface area contributed by atoms with Crippen LogP contribution in [0.2, 0.25) is 0 Å². The smallest absolute Gasteiger partial charge is 0.0386 e. The fourth-order valence-electron chi connectivity index (χ4n) is 3.11. The summed E-state index contributed by atoms with van der Waals surface area (Å²) in [6, 6.07) is 8.94. The van der Waals surface area contributed by atoms with Gasteiger partial charge in [0.2, 0.25) is 0 Å². The Bertz CT molecular complexity index is 362. The van der Waals surface area contributed by atoms with E-state index in [9.17, 15) is 0 Å². The van der Waals surface area contributed by atoms with E-state index in [4.69, 9.17) is 5.73 Å². The Kier molecular flexibility index (Phi) is 3.93. The molecule has 1 saturated carbocycles. The van der Waals surface area contributed by atoms with Crippen molar-refractivity contribution in [2.75, 3.05) is 17.7 Å². The lowest BCUT2D eigenvalue weighted by Crippen LogP contribution is -2.40. The molecule has 2 heteroatoms. The third-order valence-corrected chi connectivity index (χ3v) is 4.17. The van der Waals surface area contributed by atoms with Gasteiger partial charge in [-0.15, -0.1) is 0 Å². The van der Waals surface area contributed by atoms with Crippen LogP contribution in [0.3, 0.4) is 0 Å². The van der Waals surface area contributed by atoms with Crippen molar-refractivity contribution in [3.63, 3.8) is 0 Å². The molecule has 2 N–H and O–H groups in total. The molecule has 2 rings (SSSR count). The molecule has 1 aromatic rings. The van der Waals surface area contributed by atoms with Crippen molar-refractivity contribution < 1.29 is 0 Å². The monoisotopic (exact) mass is 232 g/mol. The summed E-state index contributed by atoms with van der Waals surface area (Å²) in [6.45, 7) is 2.32. The predicted octanol–water partition coefficient (Wildman–Crippen LogP) is 3.67. The molecule has 0 saturated heterocycles. The van der Waals surface area contributed by atoms with E-state index >= 15 is 0 Å². The third kappa shape index (κ3) is 2.74. The molecule has 0 heterocycles. The number of hydrogen-bond donors (Lipinski definition) is 1. The Balaban J connectivity index is 2.15. The minimum atomic E-state index is 0.690. The van der Waals surface area contributed by atoms with E-state index in [0.29, 0.717) is 6.04 Å². The maximum Gasteiger partial charge on any atom is 0.0386 e. The van der Waals surface area contributed by atoms with Crippen molar-refractivity contribution >= 4 is 11.4 Å². The number of nitrogens with zero attached hydrogens (tertiary/aromatic N) is 1. The first-order valence-corrected chi connectivity index (χ1v) is 6.80. The molecule has 94 valence electrons. The van der Waals surface area contributed by atoms with Gasteiger partial charge < -0.3 is 10.6 Å². The van der Waals surface area contributed by atoms with Gasteiger partial charge in [0.25, 0.3) is 0 Å². The Hall–Kier alpha value is -1.18. The van der Waals surface area contributed by atoms with Crippen molar-refractivity contribution in [1.29, 1.82) is 0 Å². The molecule has 1 aromatic carbocycles. The van der Waals surface area contributed by atoms with E-state index in [2.05, 4.69) is 31.0 Å². The van der Waals surface area contributed by atoms with Gasteiger partial charge in [-0.1, -0.05) is 32.3 Å². The molecule has 17 heavy (non-hydrogen) atoms. The van der Waals surface area contributed by atoms with Gasteiger partial charge in [-0.3, -0.25) is 0 Å². The van der Waals surface area contributed by atoms with Gasteiger partial charge >= 0.3 is 0 Å². The van der Waals surface area contributed by atoms with Gasteiger partial charge in [0, 0.05) is 24.5 Å². The van der Waals surface area contributed by atoms with Crippen molar-refractivity contribution in [2.45, 2.75) is 45.1 Å². The van der Waals surface area contributed by atoms with Crippen LogP contribution in [0.25, 0.3) is 0 Å². The highest BCUT2D eigenvalue weighted by molar-refractivity contribution is 5.56. The normalized spacial score (nSPS) is 24.6. The van der Waals surface area contributed by atoms with E-state index in [1.54, 1.807) is 0 Å². The summed E-state index contributed by atoms with van der Waals surface area (Å²) in [5.74, 6) is 0.843. The fourth-order valence-corrected chi connectivity index (χ4v) is 3.11. The summed E-state index contributed by atoms with van der Waals surface area (Å²) >= 11 is 0. The second-order valence-corrected chi connectivity index (χ2v) is 5.23. The topological polar surface area (TPSA) is 29.3 Å². The fraction of sp³-hybridized carbons (Fsp3) is 0.600. The Labute approximate surface area is 105 Å². The lowest BCUT2D eigenvalue weighted by molar-refractivity contribution is 0.292. The molecule has 0 bridgehead atoms. The zero-order chi connectivity index (χ0) is 12.3. The maximum absolute atomic E-state index is 5.87. The number of benzene rings is 1. The second kappa shape index (κ2) is 5.44. The van der Waals surface area contributed by atoms with Crippen LogP contribution in [0.4, 0.5) is 11.4 Å². The van der Waals surface area contributed by atoms with Crippen LogP contribution < -0.4 is 10.6 Å². The highest BCUT2D eigenvalue weighted by atomic mass is 15.1. The SMILES string of the molecule is CCC1CCCCC1N(C)c1cccc(N)c1. The lowest BCUT2D eigenvalue weighted by atomic mass is 9.82. The average molecular weight is 232 g/mol. The predicted molar refractivity (Wildman–Crippen MR) is 75.3 cm³/mol. The minimum Gasteiger partial charge on any atom is -0.399 e. The molecule has 1 aliphatic rings. The number of nitrogens with two attached hydrogens (primary N) is 1. The lowest BCUT2D eigenvalue weighted by Gasteiger charge is -2.39. The first-order valence-electron chi connectivity index (χ1n) is 6.80. The van der Waals surface area contributed by atoms with E-state index in [-0.39, 0.29) is 0 Å². The van der Waals surface area contributed by atoms with Crippen LogP contribution in [-0.4, -0.2) is 13.1 Å². The summed E-state index contributed by atoms with van der Waals surface area (Å²) in [5, 5.41) is 0. The molecule has 0 radical (unpaired) electrons. The van der Waals surface area contributed by atoms with Gasteiger partial charge in [0.1, 0.15) is 0 Å². The minimum absolute atomic E-state index is 0.690. The van der Waals surface area contributed by atoms with Crippen molar-refractivity contribution in [1.82, 2.24) is 0 Å². The first-order chi connectivity index (χ1) is 8.22. The van der Waals surface area contributed by atoms with Crippen LogP contribution >= 0.6 is 0 Å². The zero-order valence-corrected chi connectivity index (χ0v) is 11.0. The molecule has 1 fully saturated rings. The van der Waals surface area contributed by atoms with Crippen LogP contribution in [0.1, 0.15) is 39.0 Å². The van der Waals surface area contributed by atoms with Crippen LogP contribution in [0, 0.1) is 5.92 Å². The maximum atomic E-state index is 5.87. The number of anilines is 2. The van der Waals surface area contributed by atoms with Crippen molar-refractivity contribution in [2.24, 2.45) is 5.92 Å². The van der Waals surface area contributed by atoms with E-state index in [1.807, 2.05) is 12.1 Å². The molecular weight excluding hydrogens is 208 g/mol. The molecule has 0 spiro atoms. The summed E-state index contributed by atoms with van der Waals surface area (Å²) in [6.07, 6.45) is 6.77. The van der Waals surface area contributed by atoms with Crippen LogP contribution in [0.15, 0.2) is 24.3 Å². The average Bonchev–Trinajstić information content (AvgIpc) is 2.38. The molecule has 2 atom stereocenters. The summed E-state index contributed by atoms with van der Waals surface area (Å²) in [5.41, 5.74) is 7.99. The molecule has 2 nitrogen and oxygen atoms in total. The number of nitrogen functional groups attached to an aromatic ring is 1. The summed E-state index contributed by atoms with van der Waals surface area (Å²) < 4.78 is 0. The Morgan fingerprint density at radius 1 is 1.29 bits per heavy atom. The van der Waals surface area contributed by atoms with E-state index in [1.165, 1.54) is 37.8 Å². The molecular formula is C15H24N2. The molecule has 0 aliphatic heterocycles. The van der Waals surface area contributed by atoms with Crippen LogP contribution in [-0.2, 0) is 0 Å². The Morgan fingerprint density at radius 2 is 2.06 bits per heavy atom. The van der Waals surface area contributed by atoms with Gasteiger partial charge in [-0.2, -0.15) is 0 Å². The van der Waals surface area contributed by atoms with Gasteiger partial charge in [0.05, 0.1) is 0 Å². The molecule has 1 aliphatic carbocycles. The number of hydrogen-bond acceptors (Lipinski definition) is 2. The molecule has 0 aromatic heterocycles. The second-order valence-electron chi connectivity index (χ2n) is 5.23. The number of rotatable bonds is 3. The first kappa shape index (κ1) is 12.3. The molecule has 2 unspecified atom stereocenters.